The summed E-state index contributed by atoms with van der Waals surface area (Å²) < 4.78 is 21.8. The van der Waals surface area contributed by atoms with Gasteiger partial charge in [-0.2, -0.15) is 5.10 Å². The third-order valence-corrected chi connectivity index (χ3v) is 5.31. The molecule has 0 saturated heterocycles. The molecule has 0 saturated carbocycles. The van der Waals surface area contributed by atoms with Gasteiger partial charge < -0.3 is 24.3 Å². The van der Waals surface area contributed by atoms with Gasteiger partial charge in [0.1, 0.15) is 11.7 Å². The minimum atomic E-state index is -0.980. The van der Waals surface area contributed by atoms with E-state index in [1.54, 1.807) is 50.4 Å². The lowest BCUT2D eigenvalue weighted by molar-refractivity contribution is -0.145. The van der Waals surface area contributed by atoms with Crippen LogP contribution < -0.4 is 25.0 Å². The highest BCUT2D eigenvalue weighted by Gasteiger charge is 2.21. The number of carbonyl (C=O) groups is 3. The monoisotopic (exact) mass is 597 g/mol. The second-order valence-corrected chi connectivity index (χ2v) is 8.19. The summed E-state index contributed by atoms with van der Waals surface area (Å²) >= 11 is 2.05. The highest BCUT2D eigenvalue weighted by Crippen LogP contribution is 2.34. The van der Waals surface area contributed by atoms with Crippen molar-refractivity contribution in [2.75, 3.05) is 32.2 Å². The maximum Gasteiger partial charge on any atom is 0.344 e. The number of esters is 1. The Balaban J connectivity index is 2.00. The zero-order valence-corrected chi connectivity index (χ0v) is 22.1. The summed E-state index contributed by atoms with van der Waals surface area (Å²) in [6, 6.07) is 10.2. The van der Waals surface area contributed by atoms with E-state index in [-0.39, 0.29) is 13.2 Å². The number of hydrogen-bond donors (Lipinski definition) is 2. The van der Waals surface area contributed by atoms with Gasteiger partial charge in [0.2, 0.25) is 5.91 Å². The Morgan fingerprint density at radius 1 is 1.06 bits per heavy atom. The summed E-state index contributed by atoms with van der Waals surface area (Å²) in [5, 5.41) is 6.62. The highest BCUT2D eigenvalue weighted by atomic mass is 127. The molecule has 188 valence electrons. The predicted molar refractivity (Wildman–Crippen MR) is 139 cm³/mol. The molecule has 0 fully saturated rings. The van der Waals surface area contributed by atoms with Crippen molar-refractivity contribution in [3.8, 4) is 17.2 Å². The molecule has 0 spiro atoms. The minimum absolute atomic E-state index is 0.246. The van der Waals surface area contributed by atoms with Crippen LogP contribution in [0.25, 0.3) is 0 Å². The molecule has 35 heavy (non-hydrogen) atoms. The number of anilines is 1. The van der Waals surface area contributed by atoms with E-state index in [1.165, 1.54) is 13.1 Å². The molecule has 0 aromatic heterocycles. The number of carbonyl (C=O) groups excluding carboxylic acids is 3. The molecule has 0 aliphatic heterocycles. The fourth-order valence-corrected chi connectivity index (χ4v) is 3.49. The number of ether oxygens (including phenoxy) is 4. The number of halogens is 1. The van der Waals surface area contributed by atoms with E-state index in [9.17, 15) is 14.4 Å². The maximum atomic E-state index is 12.4. The van der Waals surface area contributed by atoms with Crippen LogP contribution in [0.3, 0.4) is 0 Å². The molecule has 2 amide bonds. The van der Waals surface area contributed by atoms with Crippen molar-refractivity contribution in [2.45, 2.75) is 20.8 Å². The Bertz CT molecular complexity index is 1060. The smallest absolute Gasteiger partial charge is 0.344 e. The highest BCUT2D eigenvalue weighted by molar-refractivity contribution is 14.1. The number of nitrogens with zero attached hydrogens (tertiary/aromatic N) is 1. The van der Waals surface area contributed by atoms with Crippen molar-refractivity contribution in [2.24, 2.45) is 11.0 Å². The Labute approximate surface area is 217 Å². The largest absolute Gasteiger partial charge is 0.497 e. The summed E-state index contributed by atoms with van der Waals surface area (Å²) in [5.74, 6) is -1.02. The molecule has 11 heteroatoms. The number of benzene rings is 2. The first-order valence-corrected chi connectivity index (χ1v) is 11.9. The van der Waals surface area contributed by atoms with Crippen LogP contribution >= 0.6 is 22.6 Å². The normalized spacial score (nSPS) is 11.5. The molecule has 2 N–H and O–H groups in total. The number of methoxy groups -OCH3 is 1. The third-order valence-electron chi connectivity index (χ3n) is 4.50. The zero-order valence-electron chi connectivity index (χ0n) is 19.9. The summed E-state index contributed by atoms with van der Waals surface area (Å²) in [6.07, 6.45) is 1.42. The number of hydrogen-bond acceptors (Lipinski definition) is 8. The maximum absolute atomic E-state index is 12.4. The van der Waals surface area contributed by atoms with E-state index in [4.69, 9.17) is 18.9 Å². The van der Waals surface area contributed by atoms with Gasteiger partial charge in [-0.1, -0.05) is 0 Å². The summed E-state index contributed by atoms with van der Waals surface area (Å²) in [5.41, 5.74) is 3.54. The molecular weight excluding hydrogens is 569 g/mol. The molecular formula is C24H28IN3O7. The van der Waals surface area contributed by atoms with Gasteiger partial charge in [-0.05, 0) is 85.3 Å². The molecule has 0 heterocycles. The standard InChI is InChI=1S/C24H28IN3O7/c1-5-33-20-12-16(11-19(25)22(20)35-14-21(29)34-6-2)13-26-28-24(31)15(3)23(30)27-17-7-9-18(32-4)10-8-17/h7-13,15H,5-6,14H2,1-4H3,(H,27,30)(H,28,31). The lowest BCUT2D eigenvalue weighted by Gasteiger charge is -2.14. The van der Waals surface area contributed by atoms with Crippen molar-refractivity contribution in [1.82, 2.24) is 5.43 Å². The summed E-state index contributed by atoms with van der Waals surface area (Å²) in [7, 11) is 1.55. The lowest BCUT2D eigenvalue weighted by atomic mass is 10.1. The van der Waals surface area contributed by atoms with E-state index in [0.717, 1.165) is 0 Å². The van der Waals surface area contributed by atoms with Crippen LogP contribution in [-0.2, 0) is 19.1 Å². The lowest BCUT2D eigenvalue weighted by Crippen LogP contribution is -2.34. The summed E-state index contributed by atoms with van der Waals surface area (Å²) in [4.78, 5) is 36.3. The van der Waals surface area contributed by atoms with E-state index in [1.807, 2.05) is 6.92 Å². The first-order valence-electron chi connectivity index (χ1n) is 10.8. The van der Waals surface area contributed by atoms with Gasteiger partial charge in [-0.15, -0.1) is 0 Å². The van der Waals surface area contributed by atoms with E-state index in [0.29, 0.717) is 38.7 Å². The molecule has 1 atom stereocenters. The molecule has 0 radical (unpaired) electrons. The molecule has 2 aromatic rings. The van der Waals surface area contributed by atoms with Gasteiger partial charge in [-0.3, -0.25) is 9.59 Å². The van der Waals surface area contributed by atoms with Crippen LogP contribution in [0.5, 0.6) is 17.2 Å². The van der Waals surface area contributed by atoms with E-state index in [2.05, 4.69) is 38.4 Å². The fraction of sp³-hybridized carbons (Fsp3) is 0.333. The molecule has 0 bridgehead atoms. The number of rotatable bonds is 12. The predicted octanol–water partition coefficient (Wildman–Crippen LogP) is 3.37. The van der Waals surface area contributed by atoms with Crippen LogP contribution in [0.15, 0.2) is 41.5 Å². The van der Waals surface area contributed by atoms with Crippen molar-refractivity contribution in [1.29, 1.82) is 0 Å². The first-order chi connectivity index (χ1) is 16.8. The Morgan fingerprint density at radius 3 is 2.40 bits per heavy atom. The molecule has 2 rings (SSSR count). The van der Waals surface area contributed by atoms with Crippen molar-refractivity contribution < 1.29 is 33.3 Å². The number of nitrogens with one attached hydrogen (secondary N) is 2. The van der Waals surface area contributed by atoms with Crippen LogP contribution in [0, 0.1) is 9.49 Å². The van der Waals surface area contributed by atoms with Gasteiger partial charge in [0.25, 0.3) is 5.91 Å². The molecule has 0 aliphatic rings. The van der Waals surface area contributed by atoms with Crippen LogP contribution in [0.4, 0.5) is 5.69 Å². The van der Waals surface area contributed by atoms with Gasteiger partial charge in [-0.25, -0.2) is 10.2 Å². The van der Waals surface area contributed by atoms with E-state index >= 15 is 0 Å². The van der Waals surface area contributed by atoms with Crippen molar-refractivity contribution >= 4 is 52.3 Å². The Hall–Kier alpha value is -3.35. The SMILES string of the molecule is CCOC(=O)COc1c(I)cc(C=NNC(=O)C(C)C(=O)Nc2ccc(OC)cc2)cc1OCC. The quantitative estimate of drug-likeness (QED) is 0.126. The molecule has 2 aromatic carbocycles. The van der Waals surface area contributed by atoms with Crippen LogP contribution in [0.1, 0.15) is 26.3 Å². The van der Waals surface area contributed by atoms with Gasteiger partial charge in [0.15, 0.2) is 18.1 Å². The summed E-state index contributed by atoms with van der Waals surface area (Å²) in [6.45, 7) is 5.42. The van der Waals surface area contributed by atoms with Crippen molar-refractivity contribution in [3.63, 3.8) is 0 Å². The average molecular weight is 597 g/mol. The molecule has 10 nitrogen and oxygen atoms in total. The Morgan fingerprint density at radius 2 is 1.77 bits per heavy atom. The van der Waals surface area contributed by atoms with Crippen molar-refractivity contribution in [3.05, 3.63) is 45.5 Å². The van der Waals surface area contributed by atoms with Crippen LogP contribution in [-0.4, -0.2) is 50.9 Å². The number of amides is 2. The second-order valence-electron chi connectivity index (χ2n) is 7.03. The zero-order chi connectivity index (χ0) is 25.8. The molecule has 1 unspecified atom stereocenters. The first kappa shape index (κ1) is 27.9. The average Bonchev–Trinajstić information content (AvgIpc) is 2.83. The van der Waals surface area contributed by atoms with E-state index < -0.39 is 23.7 Å². The second kappa shape index (κ2) is 14.1. The fourth-order valence-electron chi connectivity index (χ4n) is 2.71. The number of hydrazone groups is 1. The topological polar surface area (TPSA) is 125 Å². The third kappa shape index (κ3) is 8.74. The Kier molecular flexibility index (Phi) is 11.3. The molecule has 0 aliphatic carbocycles. The van der Waals surface area contributed by atoms with Gasteiger partial charge in [0.05, 0.1) is 30.1 Å². The van der Waals surface area contributed by atoms with Crippen LogP contribution in [0.2, 0.25) is 0 Å². The van der Waals surface area contributed by atoms with Gasteiger partial charge in [0, 0.05) is 5.69 Å². The minimum Gasteiger partial charge on any atom is -0.497 e. The van der Waals surface area contributed by atoms with Gasteiger partial charge >= 0.3 is 5.97 Å².